The highest BCUT2D eigenvalue weighted by atomic mass is 16.5. The van der Waals surface area contributed by atoms with E-state index in [1.165, 1.54) is 0 Å². The van der Waals surface area contributed by atoms with Crippen LogP contribution in [0.3, 0.4) is 0 Å². The molecule has 0 aliphatic carbocycles. The zero-order chi connectivity index (χ0) is 11.2. The summed E-state index contributed by atoms with van der Waals surface area (Å²) in [5.74, 6) is 0.00611. The van der Waals surface area contributed by atoms with E-state index in [9.17, 15) is 4.79 Å². The second-order valence-electron chi connectivity index (χ2n) is 3.92. The van der Waals surface area contributed by atoms with E-state index in [0.29, 0.717) is 18.9 Å². The summed E-state index contributed by atoms with van der Waals surface area (Å²) in [6.07, 6.45) is 0.312. The number of amides is 1. The number of primary amides is 1. The minimum atomic E-state index is -0.324. The van der Waals surface area contributed by atoms with Gasteiger partial charge in [-0.1, -0.05) is 20.8 Å². The first-order valence-corrected chi connectivity index (χ1v) is 5.00. The molecule has 0 rings (SSSR count). The van der Waals surface area contributed by atoms with E-state index in [4.69, 9.17) is 10.5 Å². The number of hydrogen-bond acceptors (Lipinski definition) is 3. The molecule has 0 aliphatic heterocycles. The molecule has 0 fully saturated rings. The lowest BCUT2D eigenvalue weighted by molar-refractivity contribution is -0.120. The van der Waals surface area contributed by atoms with Crippen molar-refractivity contribution in [2.45, 2.75) is 32.7 Å². The predicted octanol–water partition coefficient (Wildman–Crippen LogP) is 0.513. The third-order valence-electron chi connectivity index (χ3n) is 2.53. The van der Waals surface area contributed by atoms with Gasteiger partial charge in [0.2, 0.25) is 5.91 Å². The highest BCUT2D eigenvalue weighted by molar-refractivity contribution is 5.75. The summed E-state index contributed by atoms with van der Waals surface area (Å²) in [4.78, 5) is 11.0. The first-order valence-electron chi connectivity index (χ1n) is 5.00. The Hall–Kier alpha value is -0.610. The third kappa shape index (κ3) is 3.64. The summed E-state index contributed by atoms with van der Waals surface area (Å²) in [7, 11) is 1.63. The van der Waals surface area contributed by atoms with Crippen LogP contribution in [0.15, 0.2) is 0 Å². The fourth-order valence-corrected chi connectivity index (χ4v) is 1.66. The van der Waals surface area contributed by atoms with E-state index in [0.717, 1.165) is 6.54 Å². The number of rotatable bonds is 7. The van der Waals surface area contributed by atoms with Gasteiger partial charge in [-0.25, -0.2) is 0 Å². The van der Waals surface area contributed by atoms with Gasteiger partial charge in [-0.2, -0.15) is 0 Å². The molecule has 4 nitrogen and oxygen atoms in total. The van der Waals surface area contributed by atoms with Gasteiger partial charge in [-0.3, -0.25) is 4.79 Å². The zero-order valence-electron chi connectivity index (χ0n) is 9.59. The Morgan fingerprint density at radius 2 is 2.14 bits per heavy atom. The van der Waals surface area contributed by atoms with Crippen molar-refractivity contribution < 1.29 is 9.53 Å². The van der Waals surface area contributed by atoms with E-state index in [2.05, 4.69) is 19.2 Å². The van der Waals surface area contributed by atoms with Gasteiger partial charge in [0, 0.05) is 13.5 Å². The van der Waals surface area contributed by atoms with Gasteiger partial charge in [0.1, 0.15) is 0 Å². The van der Waals surface area contributed by atoms with Crippen molar-refractivity contribution in [3.05, 3.63) is 0 Å². The maximum Gasteiger partial charge on any atom is 0.219 e. The number of ether oxygens (including phenoxy) is 1. The number of carbonyl (C=O) groups is 1. The van der Waals surface area contributed by atoms with Crippen LogP contribution in [0.5, 0.6) is 0 Å². The number of nitrogens with one attached hydrogen (secondary N) is 1. The second-order valence-corrected chi connectivity index (χ2v) is 3.92. The molecule has 0 aromatic rings. The van der Waals surface area contributed by atoms with E-state index < -0.39 is 0 Å². The number of nitrogens with two attached hydrogens (primary N) is 1. The summed E-state index contributed by atoms with van der Waals surface area (Å²) in [5.41, 5.74) is 4.92. The Labute approximate surface area is 86.2 Å². The number of methoxy groups -OCH3 is 1. The topological polar surface area (TPSA) is 64.3 Å². The predicted molar refractivity (Wildman–Crippen MR) is 56.9 cm³/mol. The first-order chi connectivity index (χ1) is 6.48. The molecular formula is C10H22N2O2. The minimum Gasteiger partial charge on any atom is -0.383 e. The van der Waals surface area contributed by atoms with Crippen LogP contribution < -0.4 is 11.1 Å². The zero-order valence-corrected chi connectivity index (χ0v) is 9.59. The van der Waals surface area contributed by atoms with Crippen LogP contribution in [0.4, 0.5) is 0 Å². The number of hydrogen-bond donors (Lipinski definition) is 2. The van der Waals surface area contributed by atoms with E-state index in [-0.39, 0.29) is 11.4 Å². The van der Waals surface area contributed by atoms with E-state index in [1.807, 2.05) is 6.92 Å². The molecule has 1 unspecified atom stereocenters. The molecular weight excluding hydrogens is 180 g/mol. The lowest BCUT2D eigenvalue weighted by Gasteiger charge is -2.37. The van der Waals surface area contributed by atoms with Gasteiger partial charge < -0.3 is 15.8 Å². The molecule has 4 heteroatoms. The molecule has 0 aromatic carbocycles. The summed E-state index contributed by atoms with van der Waals surface area (Å²) < 4.78 is 5.15. The molecule has 0 radical (unpaired) electrons. The van der Waals surface area contributed by atoms with Crippen molar-refractivity contribution in [3.8, 4) is 0 Å². The highest BCUT2D eigenvalue weighted by Crippen LogP contribution is 2.21. The Morgan fingerprint density at radius 1 is 1.57 bits per heavy atom. The van der Waals surface area contributed by atoms with Gasteiger partial charge in [-0.05, 0) is 12.5 Å². The lowest BCUT2D eigenvalue weighted by Crippen LogP contribution is -2.55. The van der Waals surface area contributed by atoms with Crippen molar-refractivity contribution in [1.82, 2.24) is 5.32 Å². The average molecular weight is 202 g/mol. The molecule has 3 N–H and O–H groups in total. The number of likely N-dealkylation sites (N-methyl/N-ethyl adjacent to an activating group) is 1. The van der Waals surface area contributed by atoms with Crippen LogP contribution in [0, 0.1) is 5.92 Å². The molecule has 0 heterocycles. The highest BCUT2D eigenvalue weighted by Gasteiger charge is 2.34. The summed E-state index contributed by atoms with van der Waals surface area (Å²) in [6.45, 7) is 7.43. The van der Waals surface area contributed by atoms with Crippen LogP contribution in [0.25, 0.3) is 0 Å². The summed E-state index contributed by atoms with van der Waals surface area (Å²) in [6, 6.07) is 0. The molecule has 0 aliphatic rings. The second kappa shape index (κ2) is 5.98. The Morgan fingerprint density at radius 3 is 2.43 bits per heavy atom. The molecule has 0 spiro atoms. The van der Waals surface area contributed by atoms with Crippen LogP contribution >= 0.6 is 0 Å². The van der Waals surface area contributed by atoms with Crippen molar-refractivity contribution in [2.75, 3.05) is 20.3 Å². The van der Waals surface area contributed by atoms with Crippen LogP contribution in [-0.2, 0) is 9.53 Å². The SMILES string of the molecule is CCNC(COC)(CC(N)=O)C(C)C. The Bertz CT molecular complexity index is 175. The molecule has 0 saturated heterocycles. The summed E-state index contributed by atoms with van der Waals surface area (Å²) in [5, 5.41) is 3.30. The van der Waals surface area contributed by atoms with Gasteiger partial charge in [0.25, 0.3) is 0 Å². The first kappa shape index (κ1) is 13.4. The molecule has 14 heavy (non-hydrogen) atoms. The summed E-state index contributed by atoms with van der Waals surface area (Å²) >= 11 is 0. The smallest absolute Gasteiger partial charge is 0.219 e. The maximum atomic E-state index is 11.0. The Balaban J connectivity index is 4.63. The fourth-order valence-electron chi connectivity index (χ4n) is 1.66. The molecule has 0 bridgehead atoms. The van der Waals surface area contributed by atoms with E-state index >= 15 is 0 Å². The molecule has 84 valence electrons. The van der Waals surface area contributed by atoms with Gasteiger partial charge >= 0.3 is 0 Å². The van der Waals surface area contributed by atoms with Gasteiger partial charge in [-0.15, -0.1) is 0 Å². The van der Waals surface area contributed by atoms with Crippen molar-refractivity contribution in [3.63, 3.8) is 0 Å². The standard InChI is InChI=1S/C10H22N2O2/c1-5-12-10(7-14-4,8(2)3)6-9(11)13/h8,12H,5-7H2,1-4H3,(H2,11,13). The van der Waals surface area contributed by atoms with Gasteiger partial charge in [0.05, 0.1) is 12.1 Å². The van der Waals surface area contributed by atoms with E-state index in [1.54, 1.807) is 7.11 Å². The van der Waals surface area contributed by atoms with Crippen molar-refractivity contribution in [1.29, 1.82) is 0 Å². The number of carbonyl (C=O) groups excluding carboxylic acids is 1. The van der Waals surface area contributed by atoms with Crippen LogP contribution in [0.1, 0.15) is 27.2 Å². The molecule has 0 saturated carbocycles. The monoisotopic (exact) mass is 202 g/mol. The van der Waals surface area contributed by atoms with Crippen molar-refractivity contribution >= 4 is 5.91 Å². The quantitative estimate of drug-likeness (QED) is 0.632. The molecule has 1 atom stereocenters. The van der Waals surface area contributed by atoms with Crippen molar-refractivity contribution in [2.24, 2.45) is 11.7 Å². The normalized spacial score (nSPS) is 15.5. The minimum absolute atomic E-state index is 0.295. The molecule has 0 aromatic heterocycles. The third-order valence-corrected chi connectivity index (χ3v) is 2.53. The lowest BCUT2D eigenvalue weighted by atomic mass is 9.83. The largest absolute Gasteiger partial charge is 0.383 e. The van der Waals surface area contributed by atoms with Gasteiger partial charge in [0.15, 0.2) is 0 Å². The van der Waals surface area contributed by atoms with Crippen LogP contribution in [0.2, 0.25) is 0 Å². The van der Waals surface area contributed by atoms with Crippen LogP contribution in [-0.4, -0.2) is 31.7 Å². The Kier molecular flexibility index (Phi) is 5.72. The molecule has 1 amide bonds. The average Bonchev–Trinajstić information content (AvgIpc) is 2.03. The maximum absolute atomic E-state index is 11.0. The fraction of sp³-hybridized carbons (Fsp3) is 0.900.